The Kier molecular flexibility index (Phi) is 7.64. The van der Waals surface area contributed by atoms with E-state index in [-0.39, 0.29) is 36.8 Å². The van der Waals surface area contributed by atoms with Gasteiger partial charge in [-0.2, -0.15) is 0 Å². The van der Waals surface area contributed by atoms with Crippen LogP contribution in [0.1, 0.15) is 48.0 Å². The molecular weight excluding hydrogens is 455 g/mol. The molecule has 2 fully saturated rings. The highest BCUT2D eigenvalue weighted by atomic mass is 19.1. The second-order valence-corrected chi connectivity index (χ2v) is 11.2. The lowest BCUT2D eigenvalue weighted by Crippen LogP contribution is -2.55. The minimum absolute atomic E-state index is 0.195. The molecule has 2 aliphatic heterocycles. The number of amides is 3. The Labute approximate surface area is 206 Å². The average molecular weight is 493 g/mol. The first-order chi connectivity index (χ1) is 16.2. The van der Waals surface area contributed by atoms with Crippen LogP contribution >= 0.6 is 0 Å². The molecule has 1 aromatic carbocycles. The Morgan fingerprint density at radius 1 is 1.11 bits per heavy atom. The smallest absolute Gasteiger partial charge is 0.408 e. The van der Waals surface area contributed by atoms with Crippen molar-refractivity contribution in [2.24, 2.45) is 11.1 Å². The van der Waals surface area contributed by atoms with Gasteiger partial charge in [0.2, 0.25) is 11.8 Å². The van der Waals surface area contributed by atoms with Crippen molar-refractivity contribution in [3.05, 3.63) is 30.1 Å². The molecule has 9 nitrogen and oxygen atoms in total. The van der Waals surface area contributed by atoms with E-state index in [9.17, 15) is 18.8 Å². The first-order valence-corrected chi connectivity index (χ1v) is 11.9. The summed E-state index contributed by atoms with van der Waals surface area (Å²) in [7, 11) is 0. The molecule has 2 heterocycles. The number of nitrogens with zero attached hydrogens (tertiary/aromatic N) is 2. The van der Waals surface area contributed by atoms with Crippen LogP contribution < -0.4 is 15.8 Å². The SMILES string of the molecule is CC(C)(C)OC(=O)NCC(=O)N1CC(Oc2ccc(F)cc2)C2C1CCN2C(=O)C(N)C(C)(C)C. The highest BCUT2D eigenvalue weighted by Crippen LogP contribution is 2.35. The van der Waals surface area contributed by atoms with Gasteiger partial charge in [0, 0.05) is 6.54 Å². The van der Waals surface area contributed by atoms with Crippen LogP contribution in [0, 0.1) is 11.2 Å². The number of benzene rings is 1. The summed E-state index contributed by atoms with van der Waals surface area (Å²) in [5.41, 5.74) is 5.16. The number of fused-ring (bicyclic) bond motifs is 1. The van der Waals surface area contributed by atoms with E-state index >= 15 is 0 Å². The molecule has 2 saturated heterocycles. The van der Waals surface area contributed by atoms with E-state index in [4.69, 9.17) is 15.2 Å². The van der Waals surface area contributed by atoms with E-state index in [1.165, 1.54) is 24.3 Å². The molecule has 3 amide bonds. The summed E-state index contributed by atoms with van der Waals surface area (Å²) in [6.45, 7) is 11.3. The summed E-state index contributed by atoms with van der Waals surface area (Å²) < 4.78 is 24.8. The van der Waals surface area contributed by atoms with Gasteiger partial charge in [-0.1, -0.05) is 20.8 Å². The summed E-state index contributed by atoms with van der Waals surface area (Å²) >= 11 is 0. The summed E-state index contributed by atoms with van der Waals surface area (Å²) in [4.78, 5) is 41.8. The van der Waals surface area contributed by atoms with Crippen LogP contribution in [0.15, 0.2) is 24.3 Å². The molecule has 2 aliphatic rings. The number of likely N-dealkylation sites (tertiary alicyclic amines) is 2. The van der Waals surface area contributed by atoms with E-state index in [2.05, 4.69) is 5.32 Å². The van der Waals surface area contributed by atoms with Crippen molar-refractivity contribution < 1.29 is 28.2 Å². The summed E-state index contributed by atoms with van der Waals surface area (Å²) in [5, 5.41) is 2.50. The molecule has 0 radical (unpaired) electrons. The Bertz CT molecular complexity index is 941. The van der Waals surface area contributed by atoms with E-state index in [1.807, 2.05) is 20.8 Å². The van der Waals surface area contributed by atoms with Gasteiger partial charge in [-0.05, 0) is 56.9 Å². The van der Waals surface area contributed by atoms with E-state index in [0.717, 1.165) is 0 Å². The predicted molar refractivity (Wildman–Crippen MR) is 128 cm³/mol. The standard InChI is InChI=1S/C25H37FN4O5/c1-24(2,3)21(27)22(32)29-12-11-17-20(29)18(34-16-9-7-15(26)8-10-16)14-30(17)19(31)13-28-23(33)35-25(4,5)6/h7-10,17-18,20-21H,11-14,27H2,1-6H3,(H,28,33). The average Bonchev–Trinajstić information content (AvgIpc) is 3.32. The van der Waals surface area contributed by atoms with Crippen LogP contribution in [0.4, 0.5) is 9.18 Å². The second kappa shape index (κ2) is 10.0. The number of nitrogens with two attached hydrogens (primary N) is 1. The van der Waals surface area contributed by atoms with Crippen molar-refractivity contribution in [2.45, 2.75) is 77.8 Å². The van der Waals surface area contributed by atoms with Gasteiger partial charge in [0.25, 0.3) is 0 Å². The molecule has 10 heteroatoms. The lowest BCUT2D eigenvalue weighted by Gasteiger charge is -2.34. The number of carbonyl (C=O) groups excluding carboxylic acids is 3. The van der Waals surface area contributed by atoms with Crippen molar-refractivity contribution in [1.29, 1.82) is 0 Å². The number of ether oxygens (including phenoxy) is 2. The number of rotatable bonds is 5. The maximum Gasteiger partial charge on any atom is 0.408 e. The van der Waals surface area contributed by atoms with Gasteiger partial charge in [-0.25, -0.2) is 9.18 Å². The number of carbonyl (C=O) groups is 3. The molecule has 0 aromatic heterocycles. The molecule has 194 valence electrons. The third-order valence-electron chi connectivity index (χ3n) is 6.26. The van der Waals surface area contributed by atoms with Crippen LogP contribution in [0.25, 0.3) is 0 Å². The Morgan fingerprint density at radius 3 is 2.31 bits per heavy atom. The maximum atomic E-state index is 13.4. The first kappa shape index (κ1) is 26.7. The molecular formula is C25H37FN4O5. The monoisotopic (exact) mass is 492 g/mol. The summed E-state index contributed by atoms with van der Waals surface area (Å²) in [6, 6.07) is 4.20. The largest absolute Gasteiger partial charge is 0.486 e. The fourth-order valence-electron chi connectivity index (χ4n) is 4.48. The van der Waals surface area contributed by atoms with Crippen molar-refractivity contribution in [3.8, 4) is 5.75 Å². The van der Waals surface area contributed by atoms with Gasteiger partial charge >= 0.3 is 6.09 Å². The van der Waals surface area contributed by atoms with Crippen molar-refractivity contribution in [2.75, 3.05) is 19.6 Å². The van der Waals surface area contributed by atoms with Crippen LogP contribution in [0.3, 0.4) is 0 Å². The van der Waals surface area contributed by atoms with Gasteiger partial charge in [0.15, 0.2) is 0 Å². The molecule has 4 atom stereocenters. The van der Waals surface area contributed by atoms with Crippen LogP contribution in [-0.4, -0.2) is 77.2 Å². The van der Waals surface area contributed by atoms with Gasteiger partial charge in [0.05, 0.1) is 24.7 Å². The van der Waals surface area contributed by atoms with Crippen molar-refractivity contribution >= 4 is 17.9 Å². The molecule has 0 bridgehead atoms. The lowest BCUT2D eigenvalue weighted by atomic mass is 9.86. The fraction of sp³-hybridized carbons (Fsp3) is 0.640. The minimum Gasteiger partial charge on any atom is -0.486 e. The van der Waals surface area contributed by atoms with Gasteiger partial charge in [0.1, 0.15) is 29.8 Å². The predicted octanol–water partition coefficient (Wildman–Crippen LogP) is 2.28. The molecule has 0 saturated carbocycles. The van der Waals surface area contributed by atoms with E-state index in [1.54, 1.807) is 30.6 Å². The summed E-state index contributed by atoms with van der Waals surface area (Å²) in [6.07, 6.45) is -0.649. The van der Waals surface area contributed by atoms with E-state index in [0.29, 0.717) is 18.7 Å². The number of hydrogen-bond acceptors (Lipinski definition) is 6. The number of alkyl carbamates (subject to hydrolysis) is 1. The van der Waals surface area contributed by atoms with Crippen molar-refractivity contribution in [1.82, 2.24) is 15.1 Å². The molecule has 3 N–H and O–H groups in total. The zero-order valence-electron chi connectivity index (χ0n) is 21.3. The topological polar surface area (TPSA) is 114 Å². The highest BCUT2D eigenvalue weighted by Gasteiger charge is 2.54. The maximum absolute atomic E-state index is 13.4. The zero-order chi connectivity index (χ0) is 26.1. The van der Waals surface area contributed by atoms with Crippen LogP contribution in [0.2, 0.25) is 0 Å². The Morgan fingerprint density at radius 2 is 1.74 bits per heavy atom. The van der Waals surface area contributed by atoms with E-state index < -0.39 is 35.3 Å². The Balaban J connectivity index is 1.78. The molecule has 0 aliphatic carbocycles. The number of halogens is 1. The zero-order valence-corrected chi connectivity index (χ0v) is 21.3. The molecule has 35 heavy (non-hydrogen) atoms. The van der Waals surface area contributed by atoms with Gasteiger partial charge in [-0.15, -0.1) is 0 Å². The lowest BCUT2D eigenvalue weighted by molar-refractivity contribution is -0.137. The van der Waals surface area contributed by atoms with Gasteiger partial charge < -0.3 is 30.3 Å². The minimum atomic E-state index is -0.716. The normalized spacial score (nSPS) is 23.0. The van der Waals surface area contributed by atoms with Crippen molar-refractivity contribution in [3.63, 3.8) is 0 Å². The molecule has 1 aromatic rings. The molecule has 4 unspecified atom stereocenters. The fourth-order valence-corrected chi connectivity index (χ4v) is 4.48. The quantitative estimate of drug-likeness (QED) is 0.652. The molecule has 0 spiro atoms. The second-order valence-electron chi connectivity index (χ2n) is 11.2. The Hall–Kier alpha value is -2.88. The van der Waals surface area contributed by atoms with Crippen LogP contribution in [-0.2, 0) is 14.3 Å². The third kappa shape index (κ3) is 6.42. The third-order valence-corrected chi connectivity index (χ3v) is 6.26. The van der Waals surface area contributed by atoms with Crippen LogP contribution in [0.5, 0.6) is 5.75 Å². The molecule has 3 rings (SSSR count). The number of hydrogen-bond donors (Lipinski definition) is 2. The number of nitrogens with one attached hydrogen (secondary N) is 1. The van der Waals surface area contributed by atoms with Gasteiger partial charge in [-0.3, -0.25) is 9.59 Å². The first-order valence-electron chi connectivity index (χ1n) is 11.9. The highest BCUT2D eigenvalue weighted by molar-refractivity contribution is 5.85. The summed E-state index contributed by atoms with van der Waals surface area (Å²) in [5.74, 6) is -0.444.